The van der Waals surface area contributed by atoms with E-state index in [0.29, 0.717) is 6.61 Å². The molecule has 0 aliphatic carbocycles. The summed E-state index contributed by atoms with van der Waals surface area (Å²) in [6.45, 7) is 5.02. The van der Waals surface area contributed by atoms with Gasteiger partial charge in [0, 0.05) is 44.4 Å². The SMILES string of the molecule is CCOc1ccc(CN(Cc2ccncc2)Cc2cccnc2)cc1OC. The van der Waals surface area contributed by atoms with Crippen LogP contribution in [0.3, 0.4) is 0 Å². The minimum Gasteiger partial charge on any atom is -0.493 e. The van der Waals surface area contributed by atoms with E-state index in [4.69, 9.17) is 9.47 Å². The van der Waals surface area contributed by atoms with Gasteiger partial charge in [-0.25, -0.2) is 0 Å². The van der Waals surface area contributed by atoms with Gasteiger partial charge in [0.2, 0.25) is 0 Å². The number of hydrogen-bond acceptors (Lipinski definition) is 5. The van der Waals surface area contributed by atoms with Crippen LogP contribution in [0.25, 0.3) is 0 Å². The molecule has 3 aromatic rings. The molecule has 0 atom stereocenters. The van der Waals surface area contributed by atoms with Crippen LogP contribution in [0, 0.1) is 0 Å². The van der Waals surface area contributed by atoms with Gasteiger partial charge < -0.3 is 9.47 Å². The first-order chi connectivity index (χ1) is 13.3. The largest absolute Gasteiger partial charge is 0.493 e. The topological polar surface area (TPSA) is 47.5 Å². The van der Waals surface area contributed by atoms with Crippen LogP contribution in [0.4, 0.5) is 0 Å². The lowest BCUT2D eigenvalue weighted by Gasteiger charge is -2.23. The molecular formula is C22H25N3O2. The maximum absolute atomic E-state index is 5.63. The maximum Gasteiger partial charge on any atom is 0.161 e. The first kappa shape index (κ1) is 18.9. The first-order valence-electron chi connectivity index (χ1n) is 9.08. The van der Waals surface area contributed by atoms with Crippen molar-refractivity contribution in [1.29, 1.82) is 0 Å². The van der Waals surface area contributed by atoms with E-state index < -0.39 is 0 Å². The molecule has 3 rings (SSSR count). The quantitative estimate of drug-likeness (QED) is 0.573. The van der Waals surface area contributed by atoms with Crippen molar-refractivity contribution in [3.63, 3.8) is 0 Å². The fourth-order valence-corrected chi connectivity index (χ4v) is 3.01. The number of hydrogen-bond donors (Lipinski definition) is 0. The van der Waals surface area contributed by atoms with Gasteiger partial charge in [-0.1, -0.05) is 12.1 Å². The summed E-state index contributed by atoms with van der Waals surface area (Å²) in [4.78, 5) is 10.7. The Bertz CT molecular complexity index is 784. The summed E-state index contributed by atoms with van der Waals surface area (Å²) in [6, 6.07) is 14.3. The van der Waals surface area contributed by atoms with Crippen LogP contribution in [-0.4, -0.2) is 28.6 Å². The molecule has 1 aromatic carbocycles. The number of nitrogens with zero attached hydrogens (tertiary/aromatic N) is 3. The average molecular weight is 363 g/mol. The van der Waals surface area contributed by atoms with Gasteiger partial charge in [-0.2, -0.15) is 0 Å². The summed E-state index contributed by atoms with van der Waals surface area (Å²) >= 11 is 0. The number of benzene rings is 1. The maximum atomic E-state index is 5.63. The Labute approximate surface area is 160 Å². The Morgan fingerprint density at radius 2 is 1.59 bits per heavy atom. The van der Waals surface area contributed by atoms with E-state index >= 15 is 0 Å². The zero-order valence-corrected chi connectivity index (χ0v) is 15.8. The Morgan fingerprint density at radius 1 is 0.815 bits per heavy atom. The molecule has 5 nitrogen and oxygen atoms in total. The molecular weight excluding hydrogens is 338 g/mol. The van der Waals surface area contributed by atoms with E-state index in [1.54, 1.807) is 13.3 Å². The minimum atomic E-state index is 0.616. The van der Waals surface area contributed by atoms with Crippen molar-refractivity contribution in [2.24, 2.45) is 0 Å². The molecule has 0 amide bonds. The van der Waals surface area contributed by atoms with E-state index in [2.05, 4.69) is 39.1 Å². The Hall–Kier alpha value is -2.92. The third-order valence-corrected chi connectivity index (χ3v) is 4.22. The number of ether oxygens (including phenoxy) is 2. The molecule has 0 spiro atoms. The van der Waals surface area contributed by atoms with E-state index in [1.807, 2.05) is 43.7 Å². The molecule has 2 aromatic heterocycles. The molecule has 0 N–H and O–H groups in total. The summed E-state index contributed by atoms with van der Waals surface area (Å²) in [7, 11) is 1.67. The molecule has 0 fully saturated rings. The zero-order valence-electron chi connectivity index (χ0n) is 15.8. The van der Waals surface area contributed by atoms with Crippen molar-refractivity contribution in [3.05, 3.63) is 83.9 Å². The lowest BCUT2D eigenvalue weighted by Crippen LogP contribution is -2.22. The summed E-state index contributed by atoms with van der Waals surface area (Å²) in [5, 5.41) is 0. The van der Waals surface area contributed by atoms with Gasteiger partial charge in [0.25, 0.3) is 0 Å². The van der Waals surface area contributed by atoms with Crippen LogP contribution in [0.15, 0.2) is 67.3 Å². The highest BCUT2D eigenvalue weighted by Crippen LogP contribution is 2.29. The second-order valence-corrected chi connectivity index (χ2v) is 6.28. The average Bonchev–Trinajstić information content (AvgIpc) is 2.71. The second-order valence-electron chi connectivity index (χ2n) is 6.28. The zero-order chi connectivity index (χ0) is 18.9. The normalized spacial score (nSPS) is 10.8. The molecule has 140 valence electrons. The van der Waals surface area contributed by atoms with Crippen LogP contribution in [-0.2, 0) is 19.6 Å². The summed E-state index contributed by atoms with van der Waals surface area (Å²) < 4.78 is 11.1. The van der Waals surface area contributed by atoms with Crippen molar-refractivity contribution < 1.29 is 9.47 Å². The van der Waals surface area contributed by atoms with Crippen LogP contribution >= 0.6 is 0 Å². The number of aromatic nitrogens is 2. The molecule has 0 unspecified atom stereocenters. The summed E-state index contributed by atoms with van der Waals surface area (Å²) in [6.07, 6.45) is 7.38. The van der Waals surface area contributed by atoms with Gasteiger partial charge in [-0.05, 0) is 53.9 Å². The number of methoxy groups -OCH3 is 1. The van der Waals surface area contributed by atoms with Gasteiger partial charge in [0.15, 0.2) is 11.5 Å². The van der Waals surface area contributed by atoms with Gasteiger partial charge >= 0.3 is 0 Å². The molecule has 0 aliphatic rings. The highest BCUT2D eigenvalue weighted by atomic mass is 16.5. The Morgan fingerprint density at radius 3 is 2.30 bits per heavy atom. The van der Waals surface area contributed by atoms with E-state index in [1.165, 1.54) is 16.7 Å². The smallest absolute Gasteiger partial charge is 0.161 e. The molecule has 0 saturated carbocycles. The van der Waals surface area contributed by atoms with E-state index in [-0.39, 0.29) is 0 Å². The third-order valence-electron chi connectivity index (χ3n) is 4.22. The molecule has 2 heterocycles. The fraction of sp³-hybridized carbons (Fsp3) is 0.273. The molecule has 5 heteroatoms. The van der Waals surface area contributed by atoms with Crippen LogP contribution in [0.5, 0.6) is 11.5 Å². The third kappa shape index (κ3) is 5.53. The van der Waals surface area contributed by atoms with Crippen LogP contribution in [0.1, 0.15) is 23.6 Å². The van der Waals surface area contributed by atoms with E-state index in [0.717, 1.165) is 31.1 Å². The molecule has 0 saturated heterocycles. The van der Waals surface area contributed by atoms with Gasteiger partial charge in [-0.3, -0.25) is 14.9 Å². The molecule has 0 bridgehead atoms. The van der Waals surface area contributed by atoms with Gasteiger partial charge in [0.05, 0.1) is 13.7 Å². The van der Waals surface area contributed by atoms with Crippen molar-refractivity contribution >= 4 is 0 Å². The van der Waals surface area contributed by atoms with Crippen molar-refractivity contribution in [2.45, 2.75) is 26.6 Å². The van der Waals surface area contributed by atoms with Crippen molar-refractivity contribution in [2.75, 3.05) is 13.7 Å². The lowest BCUT2D eigenvalue weighted by molar-refractivity contribution is 0.246. The summed E-state index contributed by atoms with van der Waals surface area (Å²) in [5.41, 5.74) is 3.59. The number of pyridine rings is 2. The molecule has 0 radical (unpaired) electrons. The van der Waals surface area contributed by atoms with Gasteiger partial charge in [0.1, 0.15) is 0 Å². The second kappa shape index (κ2) is 9.69. The van der Waals surface area contributed by atoms with Crippen molar-refractivity contribution in [1.82, 2.24) is 14.9 Å². The molecule has 0 aliphatic heterocycles. The summed E-state index contributed by atoms with van der Waals surface area (Å²) in [5.74, 6) is 1.54. The standard InChI is InChI=1S/C22H25N3O2/c1-3-27-21-7-6-19(13-22(21)26-2)16-25(15-18-8-11-23-12-9-18)17-20-5-4-10-24-14-20/h4-14H,3,15-17H2,1-2H3. The first-order valence-corrected chi connectivity index (χ1v) is 9.08. The Kier molecular flexibility index (Phi) is 6.77. The van der Waals surface area contributed by atoms with Crippen LogP contribution in [0.2, 0.25) is 0 Å². The lowest BCUT2D eigenvalue weighted by atomic mass is 10.1. The minimum absolute atomic E-state index is 0.616. The highest BCUT2D eigenvalue weighted by Gasteiger charge is 2.11. The highest BCUT2D eigenvalue weighted by molar-refractivity contribution is 5.43. The van der Waals surface area contributed by atoms with Crippen molar-refractivity contribution in [3.8, 4) is 11.5 Å². The predicted octanol–water partition coefficient (Wildman–Crippen LogP) is 4.09. The number of rotatable bonds is 9. The fourth-order valence-electron chi connectivity index (χ4n) is 3.01. The van der Waals surface area contributed by atoms with Gasteiger partial charge in [-0.15, -0.1) is 0 Å². The predicted molar refractivity (Wildman–Crippen MR) is 106 cm³/mol. The van der Waals surface area contributed by atoms with Crippen LogP contribution < -0.4 is 9.47 Å². The monoisotopic (exact) mass is 363 g/mol. The Balaban J connectivity index is 1.79. The molecule has 27 heavy (non-hydrogen) atoms. The van der Waals surface area contributed by atoms with E-state index in [9.17, 15) is 0 Å².